The largest absolute Gasteiger partial charge is 0.313 e. The molecule has 0 saturated heterocycles. The zero-order valence-electron chi connectivity index (χ0n) is 11.9. The third-order valence-electron chi connectivity index (χ3n) is 3.81. The molecule has 0 spiro atoms. The van der Waals surface area contributed by atoms with E-state index in [0.29, 0.717) is 6.04 Å². The normalized spacial score (nSPS) is 12.7. The maximum atomic E-state index is 3.45. The van der Waals surface area contributed by atoms with Crippen molar-refractivity contribution in [3.63, 3.8) is 0 Å². The summed E-state index contributed by atoms with van der Waals surface area (Å²) in [6.45, 7) is 2.13. The first kappa shape index (κ1) is 13.3. The Morgan fingerprint density at radius 1 is 1.05 bits per heavy atom. The van der Waals surface area contributed by atoms with Crippen molar-refractivity contribution >= 4 is 21.4 Å². The van der Waals surface area contributed by atoms with E-state index < -0.39 is 0 Å². The molecular weight excluding hydrogens is 262 g/mol. The van der Waals surface area contributed by atoms with Gasteiger partial charge in [0.25, 0.3) is 0 Å². The third-order valence-corrected chi connectivity index (χ3v) is 4.83. The van der Waals surface area contributed by atoms with Crippen LogP contribution in [0.1, 0.15) is 22.7 Å². The molecule has 0 radical (unpaired) electrons. The number of fused-ring (bicyclic) bond motifs is 1. The van der Waals surface area contributed by atoms with Gasteiger partial charge in [-0.1, -0.05) is 48.0 Å². The van der Waals surface area contributed by atoms with E-state index in [-0.39, 0.29) is 0 Å². The Hall–Kier alpha value is -1.64. The number of thiophene rings is 1. The molecule has 1 unspecified atom stereocenters. The Labute approximate surface area is 124 Å². The van der Waals surface area contributed by atoms with Gasteiger partial charge in [0.05, 0.1) is 0 Å². The molecule has 0 saturated carbocycles. The zero-order valence-corrected chi connectivity index (χ0v) is 12.7. The Morgan fingerprint density at radius 2 is 1.80 bits per heavy atom. The lowest BCUT2D eigenvalue weighted by Gasteiger charge is -2.16. The predicted octanol–water partition coefficient (Wildman–Crippen LogP) is 4.71. The van der Waals surface area contributed by atoms with E-state index in [1.807, 2.05) is 18.4 Å². The van der Waals surface area contributed by atoms with Gasteiger partial charge in [-0.3, -0.25) is 0 Å². The molecular formula is C18H19NS. The first-order valence-corrected chi connectivity index (χ1v) is 7.85. The van der Waals surface area contributed by atoms with Crippen LogP contribution in [0.25, 0.3) is 10.1 Å². The molecule has 1 atom stereocenters. The SMILES string of the molecule is CNC(Cc1csc2ccccc12)c1ccc(C)cc1. The highest BCUT2D eigenvalue weighted by molar-refractivity contribution is 7.17. The molecule has 1 N–H and O–H groups in total. The molecule has 3 aromatic rings. The van der Waals surface area contributed by atoms with Crippen molar-refractivity contribution in [1.29, 1.82) is 0 Å². The van der Waals surface area contributed by atoms with Crippen LogP contribution in [0.5, 0.6) is 0 Å². The topological polar surface area (TPSA) is 12.0 Å². The van der Waals surface area contributed by atoms with Crippen molar-refractivity contribution in [3.8, 4) is 0 Å². The van der Waals surface area contributed by atoms with Crippen molar-refractivity contribution in [3.05, 3.63) is 70.6 Å². The standard InChI is InChI=1S/C18H19NS/c1-13-7-9-14(10-8-13)17(19-2)11-15-12-20-18-6-4-3-5-16(15)18/h3-10,12,17,19H,11H2,1-2H3. The molecule has 1 aromatic heterocycles. The lowest BCUT2D eigenvalue weighted by Crippen LogP contribution is -2.18. The fourth-order valence-corrected chi connectivity index (χ4v) is 3.57. The lowest BCUT2D eigenvalue weighted by molar-refractivity contribution is 0.594. The number of hydrogen-bond acceptors (Lipinski definition) is 2. The van der Waals surface area contributed by atoms with E-state index in [2.05, 4.69) is 66.2 Å². The van der Waals surface area contributed by atoms with Crippen LogP contribution in [0.3, 0.4) is 0 Å². The molecule has 2 aromatic carbocycles. The van der Waals surface area contributed by atoms with E-state index in [9.17, 15) is 0 Å². The Bertz CT molecular complexity index is 697. The maximum absolute atomic E-state index is 3.45. The summed E-state index contributed by atoms with van der Waals surface area (Å²) in [6, 6.07) is 17.9. The van der Waals surface area contributed by atoms with Crippen LogP contribution in [-0.4, -0.2) is 7.05 Å². The van der Waals surface area contributed by atoms with E-state index in [1.54, 1.807) is 0 Å². The lowest BCUT2D eigenvalue weighted by atomic mass is 9.98. The van der Waals surface area contributed by atoms with Gasteiger partial charge >= 0.3 is 0 Å². The summed E-state index contributed by atoms with van der Waals surface area (Å²) in [5.41, 5.74) is 4.10. The Balaban J connectivity index is 1.89. The molecule has 0 aliphatic carbocycles. The summed E-state index contributed by atoms with van der Waals surface area (Å²) in [7, 11) is 2.04. The summed E-state index contributed by atoms with van der Waals surface area (Å²) >= 11 is 1.84. The van der Waals surface area contributed by atoms with Crippen molar-refractivity contribution in [1.82, 2.24) is 5.32 Å². The Kier molecular flexibility index (Phi) is 3.86. The molecule has 0 aliphatic rings. The zero-order chi connectivity index (χ0) is 13.9. The second kappa shape index (κ2) is 5.78. The minimum absolute atomic E-state index is 0.369. The first-order valence-electron chi connectivity index (χ1n) is 6.97. The fourth-order valence-electron chi connectivity index (χ4n) is 2.60. The van der Waals surface area contributed by atoms with Crippen LogP contribution in [0.15, 0.2) is 53.9 Å². The van der Waals surface area contributed by atoms with Crippen LogP contribution in [0.2, 0.25) is 0 Å². The number of rotatable bonds is 4. The molecule has 102 valence electrons. The molecule has 0 aliphatic heterocycles. The number of aryl methyl sites for hydroxylation is 1. The molecule has 1 nitrogen and oxygen atoms in total. The highest BCUT2D eigenvalue weighted by Crippen LogP contribution is 2.29. The minimum Gasteiger partial charge on any atom is -0.313 e. The number of nitrogens with one attached hydrogen (secondary N) is 1. The van der Waals surface area contributed by atoms with E-state index in [4.69, 9.17) is 0 Å². The number of likely N-dealkylation sites (N-methyl/N-ethyl adjacent to an activating group) is 1. The van der Waals surface area contributed by atoms with Crippen LogP contribution in [0, 0.1) is 6.92 Å². The maximum Gasteiger partial charge on any atom is 0.0358 e. The first-order chi connectivity index (χ1) is 9.78. The molecule has 0 bridgehead atoms. The molecule has 2 heteroatoms. The summed E-state index contributed by atoms with van der Waals surface area (Å²) in [4.78, 5) is 0. The smallest absolute Gasteiger partial charge is 0.0358 e. The third kappa shape index (κ3) is 2.62. The van der Waals surface area contributed by atoms with Crippen molar-refractivity contribution in [2.45, 2.75) is 19.4 Å². The van der Waals surface area contributed by atoms with Crippen molar-refractivity contribution < 1.29 is 0 Å². The van der Waals surface area contributed by atoms with E-state index in [0.717, 1.165) is 6.42 Å². The highest BCUT2D eigenvalue weighted by Gasteiger charge is 2.12. The average Bonchev–Trinajstić information content (AvgIpc) is 2.89. The van der Waals surface area contributed by atoms with Crippen LogP contribution < -0.4 is 5.32 Å². The second-order valence-corrected chi connectivity index (χ2v) is 6.12. The van der Waals surface area contributed by atoms with E-state index >= 15 is 0 Å². The van der Waals surface area contributed by atoms with Crippen LogP contribution in [0.4, 0.5) is 0 Å². The van der Waals surface area contributed by atoms with Gasteiger partial charge in [-0.25, -0.2) is 0 Å². The fraction of sp³-hybridized carbons (Fsp3) is 0.222. The Morgan fingerprint density at radius 3 is 2.55 bits per heavy atom. The minimum atomic E-state index is 0.369. The summed E-state index contributed by atoms with van der Waals surface area (Å²) in [5, 5.41) is 7.13. The molecule has 1 heterocycles. The summed E-state index contributed by atoms with van der Waals surface area (Å²) in [5.74, 6) is 0. The van der Waals surface area contributed by atoms with Gasteiger partial charge in [0.15, 0.2) is 0 Å². The molecule has 3 rings (SSSR count). The monoisotopic (exact) mass is 281 g/mol. The van der Waals surface area contributed by atoms with Gasteiger partial charge in [0, 0.05) is 10.7 Å². The van der Waals surface area contributed by atoms with Crippen molar-refractivity contribution in [2.24, 2.45) is 0 Å². The predicted molar refractivity (Wildman–Crippen MR) is 88.5 cm³/mol. The van der Waals surface area contributed by atoms with E-state index in [1.165, 1.54) is 26.8 Å². The molecule has 0 fully saturated rings. The van der Waals surface area contributed by atoms with Gasteiger partial charge in [0.2, 0.25) is 0 Å². The quantitative estimate of drug-likeness (QED) is 0.730. The second-order valence-electron chi connectivity index (χ2n) is 5.21. The van der Waals surface area contributed by atoms with Gasteiger partial charge < -0.3 is 5.32 Å². The molecule has 0 amide bonds. The van der Waals surface area contributed by atoms with Gasteiger partial charge in [0.1, 0.15) is 0 Å². The number of hydrogen-bond donors (Lipinski definition) is 1. The van der Waals surface area contributed by atoms with Gasteiger partial charge in [-0.15, -0.1) is 11.3 Å². The highest BCUT2D eigenvalue weighted by atomic mass is 32.1. The summed E-state index contributed by atoms with van der Waals surface area (Å²) < 4.78 is 1.38. The van der Waals surface area contributed by atoms with Gasteiger partial charge in [-0.2, -0.15) is 0 Å². The molecule has 20 heavy (non-hydrogen) atoms. The number of benzene rings is 2. The average molecular weight is 281 g/mol. The van der Waals surface area contributed by atoms with Gasteiger partial charge in [-0.05, 0) is 48.4 Å². The van der Waals surface area contributed by atoms with Crippen molar-refractivity contribution in [2.75, 3.05) is 7.05 Å². The summed E-state index contributed by atoms with van der Waals surface area (Å²) in [6.07, 6.45) is 1.03. The van der Waals surface area contributed by atoms with Crippen LogP contribution >= 0.6 is 11.3 Å². The van der Waals surface area contributed by atoms with Crippen LogP contribution in [-0.2, 0) is 6.42 Å².